The molecule has 0 aliphatic carbocycles. The van der Waals surface area contributed by atoms with E-state index in [0.717, 1.165) is 22.6 Å². The minimum Gasteiger partial charge on any atom is -0.309 e. The first kappa shape index (κ1) is 28.9. The minimum atomic E-state index is 0.949. The van der Waals surface area contributed by atoms with E-state index >= 15 is 0 Å². The van der Waals surface area contributed by atoms with Crippen LogP contribution in [-0.2, 0) is 0 Å². The van der Waals surface area contributed by atoms with Crippen molar-refractivity contribution >= 4 is 91.3 Å². The lowest BCUT2D eigenvalue weighted by molar-refractivity contribution is 1.18. The van der Waals surface area contributed by atoms with Crippen molar-refractivity contribution in [1.29, 1.82) is 0 Å². The first-order valence-corrected chi connectivity index (χ1v) is 18.9. The molecule has 0 amide bonds. The van der Waals surface area contributed by atoms with Crippen LogP contribution in [0.25, 0.3) is 108 Å². The normalized spacial score (nSPS) is 12.2. The summed E-state index contributed by atoms with van der Waals surface area (Å²) < 4.78 is 7.16. The molecule has 0 saturated heterocycles. The Labute approximate surface area is 308 Å². The molecule has 4 heterocycles. The molecule has 4 heteroatoms. The van der Waals surface area contributed by atoms with E-state index in [2.05, 4.69) is 161 Å². The number of benzene rings is 8. The smallest absolute Gasteiger partial charge is 0.137 e. The molecule has 0 aliphatic rings. The summed E-state index contributed by atoms with van der Waals surface area (Å²) in [7, 11) is 0. The number of hydrogen-bond donors (Lipinski definition) is 0. The van der Waals surface area contributed by atoms with Crippen molar-refractivity contribution in [3.63, 3.8) is 0 Å². The zero-order valence-corrected chi connectivity index (χ0v) is 29.3. The van der Waals surface area contributed by atoms with Crippen LogP contribution >= 0.6 is 11.3 Å². The van der Waals surface area contributed by atoms with Crippen LogP contribution in [0.4, 0.5) is 0 Å². The number of imidazole rings is 1. The largest absolute Gasteiger partial charge is 0.309 e. The van der Waals surface area contributed by atoms with E-state index in [0.29, 0.717) is 0 Å². The van der Waals surface area contributed by atoms with Crippen LogP contribution in [0.2, 0.25) is 0 Å². The van der Waals surface area contributed by atoms with Crippen molar-refractivity contribution in [2.45, 2.75) is 0 Å². The van der Waals surface area contributed by atoms with Gasteiger partial charge in [0.2, 0.25) is 0 Å². The Morgan fingerprint density at radius 2 is 1.19 bits per heavy atom. The van der Waals surface area contributed by atoms with E-state index in [4.69, 9.17) is 4.98 Å². The molecule has 246 valence electrons. The summed E-state index contributed by atoms with van der Waals surface area (Å²) in [5, 5.41) is 12.9. The van der Waals surface area contributed by atoms with Crippen LogP contribution in [-0.4, -0.2) is 14.0 Å². The lowest BCUT2D eigenvalue weighted by atomic mass is 9.92. The highest BCUT2D eigenvalue weighted by atomic mass is 32.1. The van der Waals surface area contributed by atoms with Gasteiger partial charge in [-0.15, -0.1) is 11.3 Å². The van der Waals surface area contributed by atoms with Crippen molar-refractivity contribution in [3.05, 3.63) is 176 Å². The Kier molecular flexibility index (Phi) is 5.93. The van der Waals surface area contributed by atoms with E-state index < -0.39 is 0 Å². The molecule has 0 aliphatic heterocycles. The number of pyridine rings is 1. The number of thiophene rings is 1. The predicted octanol–water partition coefficient (Wildman–Crippen LogP) is 13.6. The summed E-state index contributed by atoms with van der Waals surface area (Å²) in [6.07, 6.45) is 4.15. The van der Waals surface area contributed by atoms with Gasteiger partial charge >= 0.3 is 0 Å². The van der Waals surface area contributed by atoms with Crippen molar-refractivity contribution < 1.29 is 0 Å². The second-order valence-corrected chi connectivity index (χ2v) is 15.0. The number of nitrogens with zero attached hydrogens (tertiary/aromatic N) is 3. The summed E-state index contributed by atoms with van der Waals surface area (Å²) in [6, 6.07) is 60.0. The SMILES string of the molecule is c1ccc2c(c1)cc(-c1cccc3c1sc1ccc4c(c13)c1c3ccccc3ccc1n4-c1ccc(-c3cn4ccccc4n3)cc1)c1ccccc12. The lowest BCUT2D eigenvalue weighted by Crippen LogP contribution is -1.93. The molecule has 12 aromatic rings. The number of fused-ring (bicyclic) bond motifs is 13. The second-order valence-electron chi connectivity index (χ2n) is 14.0. The maximum absolute atomic E-state index is 4.88. The van der Waals surface area contributed by atoms with Gasteiger partial charge in [0.15, 0.2) is 0 Å². The molecule has 3 nitrogen and oxygen atoms in total. The molecule has 0 atom stereocenters. The fourth-order valence-corrected chi connectivity index (χ4v) is 10.0. The van der Waals surface area contributed by atoms with Crippen LogP contribution in [0.1, 0.15) is 0 Å². The Bertz CT molecular complexity index is 3420. The third kappa shape index (κ3) is 4.12. The molecule has 0 spiro atoms. The van der Waals surface area contributed by atoms with Gasteiger partial charge in [-0.1, -0.05) is 115 Å². The summed E-state index contributed by atoms with van der Waals surface area (Å²) in [5.74, 6) is 0. The molecular weight excluding hydrogens is 663 g/mol. The highest BCUT2D eigenvalue weighted by Gasteiger charge is 2.21. The van der Waals surface area contributed by atoms with Gasteiger partial charge in [-0.05, 0) is 86.4 Å². The third-order valence-corrected chi connectivity index (χ3v) is 12.3. The van der Waals surface area contributed by atoms with Gasteiger partial charge in [0.25, 0.3) is 0 Å². The van der Waals surface area contributed by atoms with E-state index in [9.17, 15) is 0 Å². The number of hydrogen-bond acceptors (Lipinski definition) is 2. The Balaban J connectivity index is 1.14. The van der Waals surface area contributed by atoms with E-state index in [1.165, 1.54) is 85.4 Å². The zero-order valence-electron chi connectivity index (χ0n) is 28.5. The number of rotatable bonds is 3. The van der Waals surface area contributed by atoms with Crippen LogP contribution in [0.15, 0.2) is 176 Å². The van der Waals surface area contributed by atoms with Crippen molar-refractivity contribution in [2.24, 2.45) is 0 Å². The molecular formula is C49H29N3S. The second kappa shape index (κ2) is 10.9. The van der Waals surface area contributed by atoms with Gasteiger partial charge in [-0.3, -0.25) is 0 Å². The van der Waals surface area contributed by atoms with Crippen LogP contribution in [0, 0.1) is 0 Å². The fourth-order valence-electron chi connectivity index (χ4n) is 8.78. The van der Waals surface area contributed by atoms with E-state index in [-0.39, 0.29) is 0 Å². The zero-order chi connectivity index (χ0) is 34.6. The summed E-state index contributed by atoms with van der Waals surface area (Å²) in [6.45, 7) is 0. The molecule has 53 heavy (non-hydrogen) atoms. The van der Waals surface area contributed by atoms with Crippen molar-refractivity contribution in [1.82, 2.24) is 14.0 Å². The van der Waals surface area contributed by atoms with E-state index in [1.54, 1.807) is 0 Å². The van der Waals surface area contributed by atoms with Crippen LogP contribution in [0.5, 0.6) is 0 Å². The Morgan fingerprint density at radius 1 is 0.472 bits per heavy atom. The van der Waals surface area contributed by atoms with Crippen LogP contribution in [0.3, 0.4) is 0 Å². The standard InChI is InChI=1S/C49H29N3S/c1-4-13-35-30(10-1)21-24-42-46(35)48-43(52(42)33-22-19-31(20-23-33)41-29-51-27-8-7-18-45(51)50-41)25-26-44-47(48)39-17-9-16-38(49(39)53-44)40-28-32-11-2-3-12-34(32)36-14-5-6-15-37(36)40/h1-29H. The molecule has 0 fully saturated rings. The van der Waals surface area contributed by atoms with Gasteiger partial charge < -0.3 is 8.97 Å². The maximum Gasteiger partial charge on any atom is 0.137 e. The number of aromatic nitrogens is 3. The Morgan fingerprint density at radius 3 is 2.06 bits per heavy atom. The molecule has 0 saturated carbocycles. The molecule has 8 aromatic carbocycles. The fraction of sp³-hybridized carbons (Fsp3) is 0. The molecule has 0 N–H and O–H groups in total. The van der Waals surface area contributed by atoms with Gasteiger partial charge in [0, 0.05) is 60.2 Å². The van der Waals surface area contributed by atoms with Gasteiger partial charge in [-0.2, -0.15) is 0 Å². The van der Waals surface area contributed by atoms with Gasteiger partial charge in [0.1, 0.15) is 5.65 Å². The summed E-state index contributed by atoms with van der Waals surface area (Å²) in [4.78, 5) is 4.88. The van der Waals surface area contributed by atoms with Crippen LogP contribution < -0.4 is 0 Å². The third-order valence-electron chi connectivity index (χ3n) is 11.1. The minimum absolute atomic E-state index is 0.949. The first-order valence-electron chi connectivity index (χ1n) is 18.0. The average molecular weight is 692 g/mol. The Hall–Kier alpha value is -6.75. The highest BCUT2D eigenvalue weighted by Crippen LogP contribution is 2.48. The van der Waals surface area contributed by atoms with Crippen molar-refractivity contribution in [3.8, 4) is 28.1 Å². The first-order chi connectivity index (χ1) is 26.3. The predicted molar refractivity (Wildman–Crippen MR) is 226 cm³/mol. The summed E-state index contributed by atoms with van der Waals surface area (Å²) in [5.41, 5.74) is 9.15. The maximum atomic E-state index is 4.88. The summed E-state index contributed by atoms with van der Waals surface area (Å²) >= 11 is 1.91. The monoisotopic (exact) mass is 691 g/mol. The molecule has 0 radical (unpaired) electrons. The van der Waals surface area contributed by atoms with Gasteiger partial charge in [-0.25, -0.2) is 4.98 Å². The van der Waals surface area contributed by atoms with Crippen molar-refractivity contribution in [2.75, 3.05) is 0 Å². The topological polar surface area (TPSA) is 22.2 Å². The molecule has 12 rings (SSSR count). The molecule has 0 unspecified atom stereocenters. The molecule has 4 aromatic heterocycles. The van der Waals surface area contributed by atoms with E-state index in [1.807, 2.05) is 35.7 Å². The average Bonchev–Trinajstić information content (AvgIpc) is 3.92. The lowest BCUT2D eigenvalue weighted by Gasteiger charge is -2.12. The molecule has 0 bridgehead atoms. The highest BCUT2D eigenvalue weighted by molar-refractivity contribution is 7.26. The quantitative estimate of drug-likeness (QED) is 0.169. The van der Waals surface area contributed by atoms with Gasteiger partial charge in [0.05, 0.1) is 16.7 Å².